The van der Waals surface area contributed by atoms with E-state index in [0.29, 0.717) is 22.9 Å². The molecule has 1 heterocycles. The van der Waals surface area contributed by atoms with E-state index in [0.717, 1.165) is 0 Å². The second-order valence-electron chi connectivity index (χ2n) is 4.38. The summed E-state index contributed by atoms with van der Waals surface area (Å²) in [5, 5.41) is 1.26. The van der Waals surface area contributed by atoms with Crippen LogP contribution in [0.3, 0.4) is 0 Å². The van der Waals surface area contributed by atoms with Gasteiger partial charge in [-0.1, -0.05) is 35.4 Å². The van der Waals surface area contributed by atoms with Crippen molar-refractivity contribution in [3.8, 4) is 0 Å². The van der Waals surface area contributed by atoms with Gasteiger partial charge in [0, 0.05) is 16.6 Å². The molecule has 0 spiro atoms. The molecule has 2 atom stereocenters. The summed E-state index contributed by atoms with van der Waals surface area (Å²) in [7, 11) is 0. The molecule has 17 heavy (non-hydrogen) atoms. The maximum atomic E-state index is 12.1. The van der Waals surface area contributed by atoms with Gasteiger partial charge in [0.15, 0.2) is 0 Å². The normalized spacial score (nSPS) is 29.5. The average Bonchev–Trinajstić information content (AvgIpc) is 2.49. The molecule has 2 unspecified atom stereocenters. The van der Waals surface area contributed by atoms with Gasteiger partial charge in [0.25, 0.3) is 0 Å². The minimum atomic E-state index is -0.274. The first-order valence-corrected chi connectivity index (χ1v) is 6.28. The SMILES string of the molecule is C/C(Cl)=C\CN1C(=O)C2CC=C(Cl)CC2C1=O. The number of carbonyl (C=O) groups excluding carboxylic acids is 2. The van der Waals surface area contributed by atoms with Crippen molar-refractivity contribution >= 4 is 35.0 Å². The van der Waals surface area contributed by atoms with Crippen LogP contribution in [0.2, 0.25) is 0 Å². The quantitative estimate of drug-likeness (QED) is 0.726. The highest BCUT2D eigenvalue weighted by atomic mass is 35.5. The number of imide groups is 1. The van der Waals surface area contributed by atoms with E-state index in [2.05, 4.69) is 0 Å². The molecule has 0 aromatic carbocycles. The molecule has 0 aromatic heterocycles. The first-order valence-electron chi connectivity index (χ1n) is 5.52. The van der Waals surface area contributed by atoms with Crippen LogP contribution in [0.5, 0.6) is 0 Å². The summed E-state index contributed by atoms with van der Waals surface area (Å²) in [5.74, 6) is -0.729. The predicted octanol–water partition coefficient (Wildman–Crippen LogP) is 2.65. The zero-order chi connectivity index (χ0) is 12.6. The lowest BCUT2D eigenvalue weighted by Gasteiger charge is -2.17. The maximum absolute atomic E-state index is 12.1. The van der Waals surface area contributed by atoms with E-state index in [1.165, 1.54) is 4.90 Å². The Kier molecular flexibility index (Phi) is 3.59. The molecule has 1 saturated heterocycles. The summed E-state index contributed by atoms with van der Waals surface area (Å²) in [6, 6.07) is 0. The highest BCUT2D eigenvalue weighted by Crippen LogP contribution is 2.38. The number of halogens is 2. The number of hydrogen-bond acceptors (Lipinski definition) is 2. The van der Waals surface area contributed by atoms with Crippen LogP contribution in [-0.4, -0.2) is 23.3 Å². The Hall–Kier alpha value is -0.800. The Labute approximate surface area is 110 Å². The summed E-state index contributed by atoms with van der Waals surface area (Å²) in [6.45, 7) is 1.98. The van der Waals surface area contributed by atoms with Crippen molar-refractivity contribution in [1.29, 1.82) is 0 Å². The number of allylic oxidation sites excluding steroid dienone is 3. The number of nitrogens with zero attached hydrogens (tertiary/aromatic N) is 1. The molecule has 92 valence electrons. The zero-order valence-corrected chi connectivity index (χ0v) is 11.0. The second kappa shape index (κ2) is 4.83. The lowest BCUT2D eigenvalue weighted by molar-refractivity contribution is -0.139. The van der Waals surface area contributed by atoms with Crippen molar-refractivity contribution in [2.75, 3.05) is 6.54 Å². The van der Waals surface area contributed by atoms with Gasteiger partial charge in [-0.3, -0.25) is 14.5 Å². The highest BCUT2D eigenvalue weighted by Gasteiger charge is 2.47. The largest absolute Gasteiger partial charge is 0.278 e. The molecule has 1 aliphatic heterocycles. The third-order valence-electron chi connectivity index (χ3n) is 3.22. The van der Waals surface area contributed by atoms with Gasteiger partial charge in [0.05, 0.1) is 11.8 Å². The van der Waals surface area contributed by atoms with E-state index in [1.54, 1.807) is 13.0 Å². The van der Waals surface area contributed by atoms with Crippen molar-refractivity contribution in [3.63, 3.8) is 0 Å². The Morgan fingerprint density at radius 3 is 2.76 bits per heavy atom. The summed E-state index contributed by atoms with van der Waals surface area (Å²) in [4.78, 5) is 25.4. The van der Waals surface area contributed by atoms with E-state index < -0.39 is 0 Å². The molecule has 0 aromatic rings. The van der Waals surface area contributed by atoms with Crippen LogP contribution < -0.4 is 0 Å². The zero-order valence-electron chi connectivity index (χ0n) is 9.45. The van der Waals surface area contributed by atoms with Gasteiger partial charge in [0.2, 0.25) is 11.8 Å². The molecule has 0 radical (unpaired) electrons. The van der Waals surface area contributed by atoms with E-state index in [-0.39, 0.29) is 30.2 Å². The minimum Gasteiger partial charge on any atom is -0.278 e. The third kappa shape index (κ3) is 2.40. The van der Waals surface area contributed by atoms with E-state index in [4.69, 9.17) is 23.2 Å². The Bertz CT molecular complexity index is 424. The lowest BCUT2D eigenvalue weighted by Crippen LogP contribution is -2.31. The molecule has 0 saturated carbocycles. The smallest absolute Gasteiger partial charge is 0.233 e. The predicted molar refractivity (Wildman–Crippen MR) is 66.5 cm³/mol. The van der Waals surface area contributed by atoms with Crippen molar-refractivity contribution in [2.24, 2.45) is 11.8 Å². The van der Waals surface area contributed by atoms with Crippen LogP contribution in [0.4, 0.5) is 0 Å². The van der Waals surface area contributed by atoms with E-state index >= 15 is 0 Å². The Morgan fingerprint density at radius 2 is 2.12 bits per heavy atom. The van der Waals surface area contributed by atoms with Gasteiger partial charge >= 0.3 is 0 Å². The Balaban J connectivity index is 2.16. The fourth-order valence-electron chi connectivity index (χ4n) is 2.29. The third-order valence-corrected chi connectivity index (χ3v) is 3.68. The molecule has 2 aliphatic rings. The first-order chi connectivity index (χ1) is 8.00. The highest BCUT2D eigenvalue weighted by molar-refractivity contribution is 6.30. The van der Waals surface area contributed by atoms with Crippen molar-refractivity contribution in [3.05, 3.63) is 22.2 Å². The van der Waals surface area contributed by atoms with Crippen molar-refractivity contribution < 1.29 is 9.59 Å². The number of likely N-dealkylation sites (tertiary alicyclic amines) is 1. The topological polar surface area (TPSA) is 37.4 Å². The second-order valence-corrected chi connectivity index (χ2v) is 5.46. The maximum Gasteiger partial charge on any atom is 0.233 e. The average molecular weight is 274 g/mol. The summed E-state index contributed by atoms with van der Waals surface area (Å²) in [5.41, 5.74) is 0. The molecule has 1 fully saturated rings. The monoisotopic (exact) mass is 273 g/mol. The first kappa shape index (κ1) is 12.7. The summed E-state index contributed by atoms with van der Waals surface area (Å²) in [6.07, 6.45) is 4.55. The molecule has 5 heteroatoms. The molecule has 2 rings (SSSR count). The Morgan fingerprint density at radius 1 is 1.47 bits per heavy atom. The van der Waals surface area contributed by atoms with Crippen molar-refractivity contribution in [2.45, 2.75) is 19.8 Å². The van der Waals surface area contributed by atoms with Gasteiger partial charge in [-0.25, -0.2) is 0 Å². The van der Waals surface area contributed by atoms with Gasteiger partial charge in [-0.2, -0.15) is 0 Å². The summed E-state index contributed by atoms with van der Waals surface area (Å²) < 4.78 is 0. The van der Waals surface area contributed by atoms with Crippen LogP contribution in [0, 0.1) is 11.8 Å². The van der Waals surface area contributed by atoms with Crippen LogP contribution in [0.15, 0.2) is 22.2 Å². The molecule has 1 aliphatic carbocycles. The molecule has 0 N–H and O–H groups in total. The molecule has 2 amide bonds. The van der Waals surface area contributed by atoms with Crippen LogP contribution in [0.1, 0.15) is 19.8 Å². The van der Waals surface area contributed by atoms with E-state index in [9.17, 15) is 9.59 Å². The van der Waals surface area contributed by atoms with Gasteiger partial charge < -0.3 is 0 Å². The number of hydrogen-bond donors (Lipinski definition) is 0. The van der Waals surface area contributed by atoms with Gasteiger partial charge in [-0.05, 0) is 19.8 Å². The van der Waals surface area contributed by atoms with Crippen molar-refractivity contribution in [1.82, 2.24) is 4.90 Å². The number of rotatable bonds is 2. The summed E-state index contributed by atoms with van der Waals surface area (Å²) >= 11 is 11.6. The number of amides is 2. The number of fused-ring (bicyclic) bond motifs is 1. The molecular weight excluding hydrogens is 261 g/mol. The van der Waals surface area contributed by atoms with E-state index in [1.807, 2.05) is 6.08 Å². The lowest BCUT2D eigenvalue weighted by atomic mass is 9.85. The van der Waals surface area contributed by atoms with Crippen LogP contribution >= 0.6 is 23.2 Å². The van der Waals surface area contributed by atoms with Crippen LogP contribution in [-0.2, 0) is 9.59 Å². The number of carbonyl (C=O) groups is 2. The van der Waals surface area contributed by atoms with Crippen LogP contribution in [0.25, 0.3) is 0 Å². The molecule has 3 nitrogen and oxygen atoms in total. The minimum absolute atomic E-state index is 0.102. The standard InChI is InChI=1S/C12H13Cl2NO2/c1-7(13)4-5-15-11(16)9-3-2-8(14)6-10(9)12(15)17/h2,4,9-10H,3,5-6H2,1H3/b7-4+. The van der Waals surface area contributed by atoms with Gasteiger partial charge in [0.1, 0.15) is 0 Å². The fraction of sp³-hybridized carbons (Fsp3) is 0.500. The van der Waals surface area contributed by atoms with Gasteiger partial charge in [-0.15, -0.1) is 0 Å². The fourth-order valence-corrected chi connectivity index (χ4v) is 2.62. The molecular formula is C12H13Cl2NO2. The molecule has 0 bridgehead atoms.